The molecule has 0 spiro atoms. The Morgan fingerprint density at radius 3 is 3.07 bits per heavy atom. The van der Waals surface area contributed by atoms with E-state index in [1.54, 1.807) is 0 Å². The highest BCUT2D eigenvalue weighted by molar-refractivity contribution is 5.42. The van der Waals surface area contributed by atoms with Gasteiger partial charge in [-0.05, 0) is 18.6 Å². The second-order valence-electron chi connectivity index (χ2n) is 3.49. The highest BCUT2D eigenvalue weighted by atomic mass is 15.4. The predicted octanol–water partition coefficient (Wildman–Crippen LogP) is 2.21. The van der Waals surface area contributed by atoms with Crippen LogP contribution in [0.2, 0.25) is 0 Å². The van der Waals surface area contributed by atoms with Crippen molar-refractivity contribution in [3.05, 3.63) is 49.5 Å². The Morgan fingerprint density at radius 1 is 1.40 bits per heavy atom. The van der Waals surface area contributed by atoms with Crippen LogP contribution in [-0.2, 0) is 0 Å². The minimum atomic E-state index is 0.880. The zero-order valence-electron chi connectivity index (χ0n) is 8.71. The van der Waals surface area contributed by atoms with Crippen LogP contribution in [0.3, 0.4) is 0 Å². The second kappa shape index (κ2) is 4.64. The van der Waals surface area contributed by atoms with Crippen molar-refractivity contribution in [2.24, 2.45) is 0 Å². The second-order valence-corrected chi connectivity index (χ2v) is 3.49. The third kappa shape index (κ3) is 2.37. The monoisotopic (exact) mass is 201 g/mol. The fourth-order valence-corrected chi connectivity index (χ4v) is 1.54. The van der Waals surface area contributed by atoms with Crippen LogP contribution in [0.25, 0.3) is 0 Å². The minimum absolute atomic E-state index is 0.880. The van der Waals surface area contributed by atoms with Gasteiger partial charge < -0.3 is 9.80 Å². The minimum Gasteiger partial charge on any atom is -0.358 e. The standard InChI is InChI=1S/C12H15N3/c1-2-3-8-14-9-10-15(11-14)12-6-4-5-7-13-12/h2,4-7,9-10H,1,3,8,11H2. The summed E-state index contributed by atoms with van der Waals surface area (Å²) in [7, 11) is 0. The van der Waals surface area contributed by atoms with Crippen LogP contribution in [-0.4, -0.2) is 23.1 Å². The van der Waals surface area contributed by atoms with E-state index in [0.717, 1.165) is 25.5 Å². The molecule has 1 aliphatic rings. The van der Waals surface area contributed by atoms with Crippen LogP contribution in [0.4, 0.5) is 5.82 Å². The maximum Gasteiger partial charge on any atom is 0.133 e. The van der Waals surface area contributed by atoms with Gasteiger partial charge in [-0.3, -0.25) is 0 Å². The topological polar surface area (TPSA) is 19.4 Å². The first-order valence-electron chi connectivity index (χ1n) is 5.11. The molecular formula is C12H15N3. The molecule has 2 heterocycles. The van der Waals surface area contributed by atoms with E-state index in [-0.39, 0.29) is 0 Å². The van der Waals surface area contributed by atoms with E-state index in [2.05, 4.69) is 33.8 Å². The molecule has 0 saturated carbocycles. The lowest BCUT2D eigenvalue weighted by atomic mass is 10.4. The summed E-state index contributed by atoms with van der Waals surface area (Å²) >= 11 is 0. The SMILES string of the molecule is C=CCCN1C=CN(c2ccccn2)C1. The molecule has 1 aliphatic heterocycles. The van der Waals surface area contributed by atoms with Crippen molar-refractivity contribution in [3.63, 3.8) is 0 Å². The number of anilines is 1. The van der Waals surface area contributed by atoms with Crippen LogP contribution < -0.4 is 4.90 Å². The molecular weight excluding hydrogens is 186 g/mol. The fraction of sp³-hybridized carbons (Fsp3) is 0.250. The smallest absolute Gasteiger partial charge is 0.133 e. The molecule has 0 saturated heterocycles. The predicted molar refractivity (Wildman–Crippen MR) is 62.2 cm³/mol. The van der Waals surface area contributed by atoms with Crippen molar-refractivity contribution in [3.8, 4) is 0 Å². The number of nitrogens with zero attached hydrogens (tertiary/aromatic N) is 3. The Morgan fingerprint density at radius 2 is 2.33 bits per heavy atom. The van der Waals surface area contributed by atoms with E-state index in [1.807, 2.05) is 30.5 Å². The summed E-state index contributed by atoms with van der Waals surface area (Å²) in [6.07, 6.45) is 8.93. The molecule has 2 rings (SSSR count). The number of hydrogen-bond donors (Lipinski definition) is 0. The summed E-state index contributed by atoms with van der Waals surface area (Å²) < 4.78 is 0. The summed E-state index contributed by atoms with van der Waals surface area (Å²) in [5.41, 5.74) is 0. The average molecular weight is 201 g/mol. The van der Waals surface area contributed by atoms with Gasteiger partial charge in [-0.1, -0.05) is 12.1 Å². The number of rotatable bonds is 4. The summed E-state index contributed by atoms with van der Waals surface area (Å²) in [4.78, 5) is 8.68. The quantitative estimate of drug-likeness (QED) is 0.696. The fourth-order valence-electron chi connectivity index (χ4n) is 1.54. The van der Waals surface area contributed by atoms with Crippen molar-refractivity contribution in [2.75, 3.05) is 18.1 Å². The molecule has 0 aromatic carbocycles. The lowest BCUT2D eigenvalue weighted by molar-refractivity contribution is 0.413. The zero-order valence-corrected chi connectivity index (χ0v) is 8.71. The Bertz CT molecular complexity index is 345. The van der Waals surface area contributed by atoms with Crippen LogP contribution in [0.15, 0.2) is 49.5 Å². The molecule has 0 aliphatic carbocycles. The van der Waals surface area contributed by atoms with E-state index in [0.29, 0.717) is 0 Å². The number of hydrogen-bond acceptors (Lipinski definition) is 3. The molecule has 3 heteroatoms. The molecule has 0 amide bonds. The molecule has 0 unspecified atom stereocenters. The van der Waals surface area contributed by atoms with Crippen molar-refractivity contribution in [2.45, 2.75) is 6.42 Å². The Hall–Kier alpha value is -1.77. The summed E-state index contributed by atoms with van der Waals surface area (Å²) in [5, 5.41) is 0. The van der Waals surface area contributed by atoms with E-state index in [4.69, 9.17) is 0 Å². The van der Waals surface area contributed by atoms with Crippen molar-refractivity contribution < 1.29 is 0 Å². The van der Waals surface area contributed by atoms with Gasteiger partial charge in [0.05, 0.1) is 6.67 Å². The molecule has 3 nitrogen and oxygen atoms in total. The van der Waals surface area contributed by atoms with Crippen LogP contribution >= 0.6 is 0 Å². The molecule has 1 aromatic heterocycles. The van der Waals surface area contributed by atoms with Gasteiger partial charge in [0.2, 0.25) is 0 Å². The maximum atomic E-state index is 4.30. The van der Waals surface area contributed by atoms with Crippen LogP contribution in [0.5, 0.6) is 0 Å². The van der Waals surface area contributed by atoms with Gasteiger partial charge in [-0.15, -0.1) is 6.58 Å². The lowest BCUT2D eigenvalue weighted by Crippen LogP contribution is -2.25. The molecule has 0 N–H and O–H groups in total. The van der Waals surface area contributed by atoms with Gasteiger partial charge in [0, 0.05) is 25.1 Å². The van der Waals surface area contributed by atoms with Gasteiger partial charge in [0.25, 0.3) is 0 Å². The largest absolute Gasteiger partial charge is 0.358 e. The van der Waals surface area contributed by atoms with Gasteiger partial charge >= 0.3 is 0 Å². The normalized spacial score (nSPS) is 14.7. The molecule has 78 valence electrons. The van der Waals surface area contributed by atoms with E-state index in [9.17, 15) is 0 Å². The maximum absolute atomic E-state index is 4.30. The number of aromatic nitrogens is 1. The van der Waals surface area contributed by atoms with E-state index >= 15 is 0 Å². The van der Waals surface area contributed by atoms with Crippen molar-refractivity contribution in [1.29, 1.82) is 0 Å². The molecule has 1 aromatic rings. The average Bonchev–Trinajstić information content (AvgIpc) is 2.76. The molecule has 0 radical (unpaired) electrons. The first kappa shape index (κ1) is 9.77. The zero-order chi connectivity index (χ0) is 10.5. The highest BCUT2D eigenvalue weighted by Gasteiger charge is 2.13. The first-order chi connectivity index (χ1) is 7.40. The Balaban J connectivity index is 1.94. The van der Waals surface area contributed by atoms with Gasteiger partial charge in [0.15, 0.2) is 0 Å². The molecule has 0 bridgehead atoms. The summed E-state index contributed by atoms with van der Waals surface area (Å²) in [5.74, 6) is 0.995. The van der Waals surface area contributed by atoms with E-state index in [1.165, 1.54) is 0 Å². The summed E-state index contributed by atoms with van der Waals surface area (Å²) in [6, 6.07) is 5.95. The van der Waals surface area contributed by atoms with Crippen LogP contribution in [0.1, 0.15) is 6.42 Å². The van der Waals surface area contributed by atoms with Crippen molar-refractivity contribution >= 4 is 5.82 Å². The number of pyridine rings is 1. The third-order valence-corrected chi connectivity index (χ3v) is 2.36. The highest BCUT2D eigenvalue weighted by Crippen LogP contribution is 2.15. The van der Waals surface area contributed by atoms with Gasteiger partial charge in [-0.25, -0.2) is 4.98 Å². The van der Waals surface area contributed by atoms with E-state index < -0.39 is 0 Å². The molecule has 0 fully saturated rings. The lowest BCUT2D eigenvalue weighted by Gasteiger charge is -2.19. The molecule has 15 heavy (non-hydrogen) atoms. The van der Waals surface area contributed by atoms with Crippen LogP contribution in [0, 0.1) is 0 Å². The Kier molecular flexibility index (Phi) is 3.02. The summed E-state index contributed by atoms with van der Waals surface area (Å²) in [6.45, 7) is 5.62. The van der Waals surface area contributed by atoms with Gasteiger partial charge in [-0.2, -0.15) is 0 Å². The first-order valence-corrected chi connectivity index (χ1v) is 5.11. The molecule has 0 atom stereocenters. The third-order valence-electron chi connectivity index (χ3n) is 2.36. The Labute approximate surface area is 90.3 Å². The van der Waals surface area contributed by atoms with Crippen molar-refractivity contribution in [1.82, 2.24) is 9.88 Å². The van der Waals surface area contributed by atoms with Gasteiger partial charge in [0.1, 0.15) is 5.82 Å².